The molecule has 1 fully saturated rings. The Labute approximate surface area is 129 Å². The monoisotopic (exact) mass is 287 g/mol. The minimum absolute atomic E-state index is 0.492. The molecule has 1 aromatic carbocycles. The van der Waals surface area contributed by atoms with Gasteiger partial charge in [-0.2, -0.15) is 0 Å². The van der Waals surface area contributed by atoms with Gasteiger partial charge in [-0.25, -0.2) is 0 Å². The van der Waals surface area contributed by atoms with Crippen LogP contribution < -0.4 is 5.32 Å². The first-order chi connectivity index (χ1) is 10.4. The molecular formula is C19H29NO. The summed E-state index contributed by atoms with van der Waals surface area (Å²) in [5.74, 6) is 0. The lowest BCUT2D eigenvalue weighted by atomic mass is 9.95. The Morgan fingerprint density at radius 3 is 2.90 bits per heavy atom. The molecule has 21 heavy (non-hydrogen) atoms. The summed E-state index contributed by atoms with van der Waals surface area (Å²) in [6, 6.07) is 7.65. The molecule has 3 rings (SSSR count). The van der Waals surface area contributed by atoms with Crippen LogP contribution in [0, 0.1) is 0 Å². The van der Waals surface area contributed by atoms with Gasteiger partial charge >= 0.3 is 0 Å². The van der Waals surface area contributed by atoms with Crippen LogP contribution in [0.15, 0.2) is 18.2 Å². The summed E-state index contributed by atoms with van der Waals surface area (Å²) in [7, 11) is 0. The fourth-order valence-corrected chi connectivity index (χ4v) is 3.83. The third-order valence-corrected chi connectivity index (χ3v) is 5.03. The minimum atomic E-state index is 0.492. The van der Waals surface area contributed by atoms with Crippen molar-refractivity contribution in [3.8, 4) is 0 Å². The van der Waals surface area contributed by atoms with E-state index in [0.717, 1.165) is 13.2 Å². The first-order valence-electron chi connectivity index (χ1n) is 8.83. The predicted octanol–water partition coefficient (Wildman–Crippen LogP) is 4.18. The SMILES string of the molecule is CCNC(CCC1CCCCO1)c1ccc2c(c1)CCC2. The van der Waals surface area contributed by atoms with E-state index in [1.165, 1.54) is 56.9 Å². The second kappa shape index (κ2) is 7.42. The van der Waals surface area contributed by atoms with Gasteiger partial charge < -0.3 is 10.1 Å². The molecule has 2 nitrogen and oxygen atoms in total. The number of hydrogen-bond acceptors (Lipinski definition) is 2. The summed E-state index contributed by atoms with van der Waals surface area (Å²) in [6.07, 6.45) is 10.6. The molecule has 2 atom stereocenters. The predicted molar refractivity (Wildman–Crippen MR) is 87.7 cm³/mol. The molecule has 1 N–H and O–H groups in total. The van der Waals surface area contributed by atoms with Gasteiger partial charge in [0.2, 0.25) is 0 Å². The van der Waals surface area contributed by atoms with Crippen LogP contribution in [0.3, 0.4) is 0 Å². The lowest BCUT2D eigenvalue weighted by molar-refractivity contribution is 0.00856. The zero-order valence-corrected chi connectivity index (χ0v) is 13.4. The van der Waals surface area contributed by atoms with Gasteiger partial charge in [-0.05, 0) is 74.6 Å². The Balaban J connectivity index is 1.63. The standard InChI is InChI=1S/C19H29NO/c1-2-20-19(12-11-18-8-3-4-13-21-18)17-10-9-15-6-5-7-16(15)14-17/h9-10,14,18-20H,2-8,11-13H2,1H3. The highest BCUT2D eigenvalue weighted by molar-refractivity contribution is 5.36. The smallest absolute Gasteiger partial charge is 0.0575 e. The van der Waals surface area contributed by atoms with E-state index in [1.54, 1.807) is 11.1 Å². The van der Waals surface area contributed by atoms with E-state index in [1.807, 2.05) is 0 Å². The maximum Gasteiger partial charge on any atom is 0.0575 e. The van der Waals surface area contributed by atoms with Crippen molar-refractivity contribution in [1.82, 2.24) is 5.32 Å². The Kier molecular flexibility index (Phi) is 5.32. The quantitative estimate of drug-likeness (QED) is 0.847. The Bertz CT molecular complexity index is 451. The third-order valence-electron chi connectivity index (χ3n) is 5.03. The van der Waals surface area contributed by atoms with E-state index in [-0.39, 0.29) is 0 Å². The normalized spacial score (nSPS) is 23.0. The van der Waals surface area contributed by atoms with E-state index in [2.05, 4.69) is 30.4 Å². The summed E-state index contributed by atoms with van der Waals surface area (Å²) >= 11 is 0. The molecule has 0 bridgehead atoms. The van der Waals surface area contributed by atoms with Crippen molar-refractivity contribution in [3.63, 3.8) is 0 Å². The highest BCUT2D eigenvalue weighted by Crippen LogP contribution is 2.28. The Hall–Kier alpha value is -0.860. The van der Waals surface area contributed by atoms with Crippen molar-refractivity contribution in [2.75, 3.05) is 13.2 Å². The van der Waals surface area contributed by atoms with Gasteiger partial charge in [0.1, 0.15) is 0 Å². The van der Waals surface area contributed by atoms with Gasteiger partial charge in [-0.15, -0.1) is 0 Å². The molecular weight excluding hydrogens is 258 g/mol. The summed E-state index contributed by atoms with van der Waals surface area (Å²) in [4.78, 5) is 0. The van der Waals surface area contributed by atoms with Gasteiger partial charge in [0, 0.05) is 12.6 Å². The zero-order chi connectivity index (χ0) is 14.5. The molecule has 1 aliphatic heterocycles. The summed E-state index contributed by atoms with van der Waals surface area (Å²) in [6.45, 7) is 4.21. The van der Waals surface area contributed by atoms with Crippen molar-refractivity contribution in [3.05, 3.63) is 34.9 Å². The summed E-state index contributed by atoms with van der Waals surface area (Å²) < 4.78 is 5.89. The third kappa shape index (κ3) is 3.87. The van der Waals surface area contributed by atoms with Crippen LogP contribution in [0.2, 0.25) is 0 Å². The number of fused-ring (bicyclic) bond motifs is 1. The largest absolute Gasteiger partial charge is 0.378 e. The second-order valence-corrected chi connectivity index (χ2v) is 6.56. The van der Waals surface area contributed by atoms with Gasteiger partial charge in [-0.1, -0.05) is 25.1 Å². The average Bonchev–Trinajstić information content (AvgIpc) is 3.00. The fourth-order valence-electron chi connectivity index (χ4n) is 3.83. The van der Waals surface area contributed by atoms with Crippen molar-refractivity contribution >= 4 is 0 Å². The molecule has 116 valence electrons. The topological polar surface area (TPSA) is 21.3 Å². The highest BCUT2D eigenvalue weighted by Gasteiger charge is 2.19. The van der Waals surface area contributed by atoms with Crippen molar-refractivity contribution in [1.29, 1.82) is 0 Å². The molecule has 2 unspecified atom stereocenters. The van der Waals surface area contributed by atoms with Crippen LogP contribution in [-0.4, -0.2) is 19.3 Å². The maximum atomic E-state index is 5.89. The summed E-state index contributed by atoms with van der Waals surface area (Å²) in [5.41, 5.74) is 4.64. The molecule has 0 aromatic heterocycles. The van der Waals surface area contributed by atoms with E-state index >= 15 is 0 Å². The molecule has 1 heterocycles. The maximum absolute atomic E-state index is 5.89. The van der Waals surface area contributed by atoms with Crippen LogP contribution >= 0.6 is 0 Å². The minimum Gasteiger partial charge on any atom is -0.378 e. The van der Waals surface area contributed by atoms with Crippen LogP contribution in [0.25, 0.3) is 0 Å². The van der Waals surface area contributed by atoms with E-state index in [9.17, 15) is 0 Å². The molecule has 1 aliphatic carbocycles. The molecule has 2 heteroatoms. The van der Waals surface area contributed by atoms with E-state index in [4.69, 9.17) is 4.74 Å². The number of hydrogen-bond donors (Lipinski definition) is 1. The number of ether oxygens (including phenoxy) is 1. The van der Waals surface area contributed by atoms with E-state index in [0.29, 0.717) is 12.1 Å². The number of rotatable bonds is 6. The highest BCUT2D eigenvalue weighted by atomic mass is 16.5. The Morgan fingerprint density at radius 1 is 1.19 bits per heavy atom. The second-order valence-electron chi connectivity index (χ2n) is 6.56. The molecule has 0 saturated carbocycles. The molecule has 0 amide bonds. The molecule has 0 radical (unpaired) electrons. The molecule has 0 spiro atoms. The molecule has 1 saturated heterocycles. The van der Waals surface area contributed by atoms with Gasteiger partial charge in [0.05, 0.1) is 6.10 Å². The van der Waals surface area contributed by atoms with Gasteiger partial charge in [-0.3, -0.25) is 0 Å². The van der Waals surface area contributed by atoms with Gasteiger partial charge in [0.25, 0.3) is 0 Å². The average molecular weight is 287 g/mol. The van der Waals surface area contributed by atoms with Crippen LogP contribution in [0.1, 0.15) is 68.2 Å². The van der Waals surface area contributed by atoms with Gasteiger partial charge in [0.15, 0.2) is 0 Å². The Morgan fingerprint density at radius 2 is 2.10 bits per heavy atom. The van der Waals surface area contributed by atoms with Crippen LogP contribution in [0.4, 0.5) is 0 Å². The first-order valence-corrected chi connectivity index (χ1v) is 8.83. The lowest BCUT2D eigenvalue weighted by Crippen LogP contribution is -2.25. The summed E-state index contributed by atoms with van der Waals surface area (Å²) in [5, 5.41) is 3.67. The van der Waals surface area contributed by atoms with Crippen LogP contribution in [0.5, 0.6) is 0 Å². The number of aryl methyl sites for hydroxylation is 2. The van der Waals surface area contributed by atoms with Crippen LogP contribution in [-0.2, 0) is 17.6 Å². The van der Waals surface area contributed by atoms with Crippen molar-refractivity contribution in [2.45, 2.75) is 70.4 Å². The number of benzene rings is 1. The zero-order valence-electron chi connectivity index (χ0n) is 13.4. The van der Waals surface area contributed by atoms with Crippen molar-refractivity contribution < 1.29 is 4.74 Å². The van der Waals surface area contributed by atoms with Crippen molar-refractivity contribution in [2.24, 2.45) is 0 Å². The number of nitrogens with one attached hydrogen (secondary N) is 1. The molecule has 2 aliphatic rings. The lowest BCUT2D eigenvalue weighted by Gasteiger charge is -2.25. The first kappa shape index (κ1) is 15.1. The molecule has 1 aromatic rings. The van der Waals surface area contributed by atoms with E-state index < -0.39 is 0 Å². The fraction of sp³-hybridized carbons (Fsp3) is 0.684.